The SMILES string of the molecule is CCOC(=O)C(CN)c1ccc(O[Si](C(C)C)(C(C)C)C(C)C)cc1. The summed E-state index contributed by atoms with van der Waals surface area (Å²) in [4.78, 5) is 12.0. The Bertz CT molecular complexity index is 519. The monoisotopic (exact) mass is 365 g/mol. The molecule has 5 heteroatoms. The van der Waals surface area contributed by atoms with E-state index in [2.05, 4.69) is 41.5 Å². The Labute approximate surface area is 154 Å². The number of carbonyl (C=O) groups is 1. The molecule has 0 aliphatic heterocycles. The van der Waals surface area contributed by atoms with Crippen molar-refractivity contribution in [3.05, 3.63) is 29.8 Å². The van der Waals surface area contributed by atoms with Crippen LogP contribution in [0.25, 0.3) is 0 Å². The van der Waals surface area contributed by atoms with Gasteiger partial charge in [0.1, 0.15) is 5.75 Å². The first-order valence-corrected chi connectivity index (χ1v) is 11.5. The zero-order valence-corrected chi connectivity index (χ0v) is 17.8. The van der Waals surface area contributed by atoms with Crippen molar-refractivity contribution in [2.75, 3.05) is 13.2 Å². The summed E-state index contributed by atoms with van der Waals surface area (Å²) in [7, 11) is -1.97. The molecule has 1 rings (SSSR count). The Morgan fingerprint density at radius 3 is 1.84 bits per heavy atom. The van der Waals surface area contributed by atoms with E-state index < -0.39 is 14.2 Å². The number of carbonyl (C=O) groups excluding carboxylic acids is 1. The highest BCUT2D eigenvalue weighted by molar-refractivity contribution is 6.78. The van der Waals surface area contributed by atoms with Gasteiger partial charge in [0, 0.05) is 6.54 Å². The predicted octanol–water partition coefficient (Wildman–Crippen LogP) is 4.85. The molecule has 0 radical (unpaired) electrons. The van der Waals surface area contributed by atoms with Crippen LogP contribution < -0.4 is 10.2 Å². The summed E-state index contributed by atoms with van der Waals surface area (Å²) in [5, 5.41) is 0. The van der Waals surface area contributed by atoms with E-state index in [-0.39, 0.29) is 12.5 Å². The van der Waals surface area contributed by atoms with E-state index in [0.717, 1.165) is 11.3 Å². The Kier molecular flexibility index (Phi) is 8.15. The Morgan fingerprint density at radius 1 is 1.00 bits per heavy atom. The number of hydrogen-bond donors (Lipinski definition) is 1. The molecule has 142 valence electrons. The van der Waals surface area contributed by atoms with Crippen LogP contribution in [0.5, 0.6) is 5.75 Å². The number of hydrogen-bond acceptors (Lipinski definition) is 4. The standard InChI is InChI=1S/C20H35NO3Si/c1-8-23-20(22)19(13-21)17-9-11-18(12-10-17)24-25(14(2)3,15(4)5)16(6)7/h9-12,14-16,19H,8,13,21H2,1-7H3. The summed E-state index contributed by atoms with van der Waals surface area (Å²) in [6.45, 7) is 16.0. The normalized spacial score (nSPS) is 13.4. The maximum Gasteiger partial charge on any atom is 0.314 e. The summed E-state index contributed by atoms with van der Waals surface area (Å²) in [5.74, 6) is 0.191. The van der Waals surface area contributed by atoms with Gasteiger partial charge in [-0.1, -0.05) is 53.7 Å². The van der Waals surface area contributed by atoms with E-state index in [4.69, 9.17) is 14.9 Å². The van der Waals surface area contributed by atoms with Gasteiger partial charge in [0.2, 0.25) is 0 Å². The fourth-order valence-electron chi connectivity index (χ4n) is 3.94. The summed E-state index contributed by atoms with van der Waals surface area (Å²) in [5.41, 5.74) is 8.20. The van der Waals surface area contributed by atoms with Gasteiger partial charge < -0.3 is 14.9 Å². The van der Waals surface area contributed by atoms with Gasteiger partial charge in [-0.15, -0.1) is 0 Å². The van der Waals surface area contributed by atoms with Crippen molar-refractivity contribution < 1.29 is 14.0 Å². The molecule has 0 heterocycles. The number of ether oxygens (including phenoxy) is 1. The molecule has 0 amide bonds. The van der Waals surface area contributed by atoms with Crippen molar-refractivity contribution >= 4 is 14.3 Å². The molecule has 0 spiro atoms. The lowest BCUT2D eigenvalue weighted by Crippen LogP contribution is -2.50. The second-order valence-corrected chi connectivity index (χ2v) is 12.9. The highest BCUT2D eigenvalue weighted by Gasteiger charge is 2.46. The summed E-state index contributed by atoms with van der Waals surface area (Å²) < 4.78 is 11.8. The Morgan fingerprint density at radius 2 is 1.48 bits per heavy atom. The van der Waals surface area contributed by atoms with Crippen molar-refractivity contribution in [3.8, 4) is 5.75 Å². The third kappa shape index (κ3) is 4.85. The lowest BCUT2D eigenvalue weighted by Gasteiger charge is -2.42. The van der Waals surface area contributed by atoms with Crippen LogP contribution in [0.2, 0.25) is 16.6 Å². The van der Waals surface area contributed by atoms with E-state index in [1.54, 1.807) is 6.92 Å². The maximum absolute atomic E-state index is 12.0. The molecule has 0 aliphatic rings. The topological polar surface area (TPSA) is 61.5 Å². The van der Waals surface area contributed by atoms with Crippen LogP contribution in [-0.4, -0.2) is 27.4 Å². The van der Waals surface area contributed by atoms with Gasteiger partial charge in [0.25, 0.3) is 8.32 Å². The van der Waals surface area contributed by atoms with Crippen molar-refractivity contribution in [3.63, 3.8) is 0 Å². The Balaban J connectivity index is 3.07. The van der Waals surface area contributed by atoms with E-state index in [9.17, 15) is 4.79 Å². The maximum atomic E-state index is 12.0. The molecule has 4 nitrogen and oxygen atoms in total. The lowest BCUT2D eigenvalue weighted by atomic mass is 9.99. The van der Waals surface area contributed by atoms with Crippen molar-refractivity contribution in [1.29, 1.82) is 0 Å². The second-order valence-electron chi connectivity index (χ2n) is 7.53. The third-order valence-corrected chi connectivity index (χ3v) is 11.1. The van der Waals surface area contributed by atoms with E-state index in [0.29, 0.717) is 23.2 Å². The number of rotatable bonds is 9. The fourth-order valence-corrected chi connectivity index (χ4v) is 9.19. The molecular formula is C20H35NO3Si. The minimum absolute atomic E-state index is 0.238. The highest BCUT2D eigenvalue weighted by atomic mass is 28.4. The number of nitrogens with two attached hydrogens (primary N) is 1. The average molecular weight is 366 g/mol. The van der Waals surface area contributed by atoms with Crippen molar-refractivity contribution in [1.82, 2.24) is 0 Å². The first-order chi connectivity index (χ1) is 11.7. The van der Waals surface area contributed by atoms with Crippen LogP contribution in [0, 0.1) is 0 Å². The van der Waals surface area contributed by atoms with Crippen LogP contribution >= 0.6 is 0 Å². The molecule has 1 aromatic carbocycles. The van der Waals surface area contributed by atoms with E-state index >= 15 is 0 Å². The largest absolute Gasteiger partial charge is 0.543 e. The summed E-state index contributed by atoms with van der Waals surface area (Å²) in [6.07, 6.45) is 0. The van der Waals surface area contributed by atoms with Gasteiger partial charge in [0.05, 0.1) is 12.5 Å². The Hall–Kier alpha value is -1.33. The fraction of sp³-hybridized carbons (Fsp3) is 0.650. The number of esters is 1. The van der Waals surface area contributed by atoms with Crippen molar-refractivity contribution in [2.24, 2.45) is 5.73 Å². The minimum Gasteiger partial charge on any atom is -0.543 e. The molecule has 0 saturated carbocycles. The third-order valence-electron chi connectivity index (χ3n) is 5.09. The molecule has 25 heavy (non-hydrogen) atoms. The summed E-state index contributed by atoms with van der Waals surface area (Å²) >= 11 is 0. The van der Waals surface area contributed by atoms with Gasteiger partial charge in [-0.3, -0.25) is 4.79 Å². The van der Waals surface area contributed by atoms with Crippen LogP contribution in [0.15, 0.2) is 24.3 Å². The smallest absolute Gasteiger partial charge is 0.314 e. The minimum atomic E-state index is -1.97. The molecule has 0 aromatic heterocycles. The van der Waals surface area contributed by atoms with E-state index in [1.807, 2.05) is 24.3 Å². The molecule has 0 bridgehead atoms. The molecule has 1 unspecified atom stereocenters. The van der Waals surface area contributed by atoms with Crippen LogP contribution in [0.1, 0.15) is 59.9 Å². The molecule has 0 saturated heterocycles. The second kappa shape index (κ2) is 9.39. The van der Waals surface area contributed by atoms with Gasteiger partial charge in [-0.25, -0.2) is 0 Å². The molecule has 0 fully saturated rings. The van der Waals surface area contributed by atoms with Gasteiger partial charge >= 0.3 is 5.97 Å². The number of benzene rings is 1. The highest BCUT2D eigenvalue weighted by Crippen LogP contribution is 2.42. The molecular weight excluding hydrogens is 330 g/mol. The summed E-state index contributed by atoms with van der Waals surface area (Å²) in [6, 6.07) is 7.80. The van der Waals surface area contributed by atoms with Crippen LogP contribution in [-0.2, 0) is 9.53 Å². The lowest BCUT2D eigenvalue weighted by molar-refractivity contribution is -0.144. The van der Waals surface area contributed by atoms with Gasteiger partial charge in [0.15, 0.2) is 0 Å². The van der Waals surface area contributed by atoms with Crippen LogP contribution in [0.4, 0.5) is 0 Å². The van der Waals surface area contributed by atoms with Crippen molar-refractivity contribution in [2.45, 2.75) is 71.0 Å². The molecule has 1 aromatic rings. The van der Waals surface area contributed by atoms with Crippen LogP contribution in [0.3, 0.4) is 0 Å². The molecule has 2 N–H and O–H groups in total. The molecule has 1 atom stereocenters. The molecule has 0 aliphatic carbocycles. The first-order valence-electron chi connectivity index (χ1n) is 9.36. The zero-order chi connectivity index (χ0) is 19.2. The zero-order valence-electron chi connectivity index (χ0n) is 16.8. The quantitative estimate of drug-likeness (QED) is 0.502. The first kappa shape index (κ1) is 21.7. The predicted molar refractivity (Wildman–Crippen MR) is 107 cm³/mol. The van der Waals surface area contributed by atoms with E-state index in [1.165, 1.54) is 0 Å². The average Bonchev–Trinajstić information content (AvgIpc) is 2.53. The van der Waals surface area contributed by atoms with Gasteiger partial charge in [-0.2, -0.15) is 0 Å². The van der Waals surface area contributed by atoms with Gasteiger partial charge in [-0.05, 0) is 41.2 Å².